The number of imidazole rings is 2. The van der Waals surface area contributed by atoms with Crippen molar-refractivity contribution in [2.45, 2.75) is 38.8 Å². The average Bonchev–Trinajstić information content (AvgIpc) is 3.89. The number of carbonyl (C=O) groups is 3. The van der Waals surface area contributed by atoms with Crippen molar-refractivity contribution >= 4 is 23.9 Å². The predicted octanol–water partition coefficient (Wildman–Crippen LogP) is 6.43. The summed E-state index contributed by atoms with van der Waals surface area (Å²) >= 11 is 0. The van der Waals surface area contributed by atoms with Crippen LogP contribution in [0.5, 0.6) is 0 Å². The van der Waals surface area contributed by atoms with Gasteiger partial charge in [0.2, 0.25) is 11.9 Å². The molecule has 3 heterocycles. The topological polar surface area (TPSA) is 145 Å². The van der Waals surface area contributed by atoms with Crippen LogP contribution < -0.4 is 10.6 Å². The lowest BCUT2D eigenvalue weighted by Gasteiger charge is -2.30. The molecule has 3 amide bonds. The number of aromatic amines is 2. The largest absolute Gasteiger partial charge is 0.453 e. The van der Waals surface area contributed by atoms with E-state index in [1.54, 1.807) is 29.4 Å². The van der Waals surface area contributed by atoms with Gasteiger partial charge in [0.25, 0.3) is 5.91 Å². The Kier molecular flexibility index (Phi) is 9.14. The van der Waals surface area contributed by atoms with Gasteiger partial charge in [-0.05, 0) is 53.1 Å². The van der Waals surface area contributed by atoms with Crippen molar-refractivity contribution in [3.05, 3.63) is 103 Å². The molecule has 240 valence electrons. The van der Waals surface area contributed by atoms with Crippen molar-refractivity contribution in [2.24, 2.45) is 5.92 Å². The number of nitrogens with one attached hydrogen (secondary N) is 4. The summed E-state index contributed by atoms with van der Waals surface area (Å²) in [5.74, 6) is 0.661. The summed E-state index contributed by atoms with van der Waals surface area (Å²) in [6.45, 7) is 4.40. The van der Waals surface area contributed by atoms with Crippen molar-refractivity contribution in [3.8, 4) is 33.6 Å². The number of nitrogens with zero attached hydrogens (tertiary/aromatic N) is 3. The van der Waals surface area contributed by atoms with Gasteiger partial charge in [-0.2, -0.15) is 0 Å². The molecule has 6 rings (SSSR count). The number of likely N-dealkylation sites (tertiary alicyclic amines) is 1. The Morgan fingerprint density at radius 2 is 1.43 bits per heavy atom. The predicted molar refractivity (Wildman–Crippen MR) is 179 cm³/mol. The number of hydrogen-bond donors (Lipinski definition) is 4. The van der Waals surface area contributed by atoms with Crippen LogP contribution >= 0.6 is 0 Å². The molecule has 0 radical (unpaired) electrons. The van der Waals surface area contributed by atoms with Gasteiger partial charge < -0.3 is 24.9 Å². The maximum absolute atomic E-state index is 13.5. The van der Waals surface area contributed by atoms with Gasteiger partial charge in [0.15, 0.2) is 0 Å². The zero-order valence-corrected chi connectivity index (χ0v) is 26.5. The lowest BCUT2D eigenvalue weighted by atomic mass is 10.0. The van der Waals surface area contributed by atoms with Gasteiger partial charge in [-0.3, -0.25) is 14.9 Å². The SMILES string of the molecule is COC(=O)NC(C(=O)N1CCCC1c1ncc(-c2ccc(-c3ccc(-c4cnc(NC(=O)c5ccccc5)[nH]4)cc3)cc2)[nH]1)C(C)C. The minimum absolute atomic E-state index is 0.0949. The lowest BCUT2D eigenvalue weighted by molar-refractivity contribution is -0.135. The molecule has 1 aliphatic heterocycles. The van der Waals surface area contributed by atoms with Crippen LogP contribution in [-0.2, 0) is 9.53 Å². The summed E-state index contributed by atoms with van der Waals surface area (Å²) in [5.41, 5.74) is 6.27. The third-order valence-corrected chi connectivity index (χ3v) is 8.41. The maximum Gasteiger partial charge on any atom is 0.407 e. The number of aromatic nitrogens is 4. The van der Waals surface area contributed by atoms with Crippen LogP contribution in [-0.4, -0.2) is 62.4 Å². The number of benzene rings is 3. The Balaban J connectivity index is 1.10. The van der Waals surface area contributed by atoms with Crippen molar-refractivity contribution < 1.29 is 19.1 Å². The number of H-pyrrole nitrogens is 2. The molecule has 3 aromatic carbocycles. The lowest BCUT2D eigenvalue weighted by Crippen LogP contribution is -2.51. The second kappa shape index (κ2) is 13.7. The minimum Gasteiger partial charge on any atom is -0.453 e. The molecule has 2 aromatic heterocycles. The van der Waals surface area contributed by atoms with Gasteiger partial charge in [-0.15, -0.1) is 0 Å². The number of ether oxygens (including phenoxy) is 1. The Morgan fingerprint density at radius 1 is 0.830 bits per heavy atom. The molecule has 0 aliphatic carbocycles. The summed E-state index contributed by atoms with van der Waals surface area (Å²) in [7, 11) is 1.29. The first-order chi connectivity index (χ1) is 22.8. The molecule has 1 aliphatic rings. The number of hydrogen-bond acceptors (Lipinski definition) is 6. The fraction of sp³-hybridized carbons (Fsp3) is 0.250. The average molecular weight is 632 g/mol. The van der Waals surface area contributed by atoms with E-state index >= 15 is 0 Å². The quantitative estimate of drug-likeness (QED) is 0.148. The van der Waals surface area contributed by atoms with E-state index in [1.807, 2.05) is 68.4 Å². The summed E-state index contributed by atoms with van der Waals surface area (Å²) in [4.78, 5) is 55.1. The summed E-state index contributed by atoms with van der Waals surface area (Å²) in [6.07, 6.45) is 4.53. The van der Waals surface area contributed by atoms with E-state index in [4.69, 9.17) is 4.74 Å². The summed E-state index contributed by atoms with van der Waals surface area (Å²) in [6, 6.07) is 24.5. The van der Waals surface area contributed by atoms with Crippen LogP contribution in [0.3, 0.4) is 0 Å². The molecule has 0 bridgehead atoms. The van der Waals surface area contributed by atoms with Crippen LogP contribution in [0.2, 0.25) is 0 Å². The molecule has 0 saturated carbocycles. The van der Waals surface area contributed by atoms with Crippen molar-refractivity contribution in [1.82, 2.24) is 30.2 Å². The number of carbonyl (C=O) groups excluding carboxylic acids is 3. The van der Waals surface area contributed by atoms with Crippen molar-refractivity contribution in [3.63, 3.8) is 0 Å². The molecule has 11 nitrogen and oxygen atoms in total. The number of alkyl carbamates (subject to hydrolysis) is 1. The van der Waals surface area contributed by atoms with Gasteiger partial charge in [-0.1, -0.05) is 80.6 Å². The standard InChI is InChI=1S/C36H37N7O4/c1-22(2)31(41-36(46)47-3)34(45)43-19-7-10-30(43)32-37-20-28(39-32)25-15-11-23(12-16-25)24-13-17-26(18-14-24)29-21-38-35(40-29)42-33(44)27-8-5-4-6-9-27/h4-6,8-9,11-18,20-22,30-31H,7,10,19H2,1-3H3,(H,37,39)(H,41,46)(H2,38,40,42,44). The third-order valence-electron chi connectivity index (χ3n) is 8.41. The number of methoxy groups -OCH3 is 1. The van der Waals surface area contributed by atoms with Gasteiger partial charge >= 0.3 is 6.09 Å². The second-order valence-electron chi connectivity index (χ2n) is 11.8. The normalized spacial score (nSPS) is 15.0. The highest BCUT2D eigenvalue weighted by Gasteiger charge is 2.37. The van der Waals surface area contributed by atoms with E-state index in [-0.39, 0.29) is 23.8 Å². The van der Waals surface area contributed by atoms with Gasteiger partial charge in [-0.25, -0.2) is 14.8 Å². The minimum atomic E-state index is -0.677. The van der Waals surface area contributed by atoms with E-state index in [9.17, 15) is 14.4 Å². The number of rotatable bonds is 9. The Labute approximate surface area is 272 Å². The molecule has 1 fully saturated rings. The fourth-order valence-electron chi connectivity index (χ4n) is 5.83. The number of anilines is 1. The van der Waals surface area contributed by atoms with E-state index in [0.29, 0.717) is 18.1 Å². The highest BCUT2D eigenvalue weighted by Crippen LogP contribution is 2.33. The van der Waals surface area contributed by atoms with E-state index < -0.39 is 12.1 Å². The zero-order valence-electron chi connectivity index (χ0n) is 26.5. The highest BCUT2D eigenvalue weighted by molar-refractivity contribution is 6.03. The van der Waals surface area contributed by atoms with E-state index in [0.717, 1.165) is 52.3 Å². The molecule has 4 N–H and O–H groups in total. The van der Waals surface area contributed by atoms with Gasteiger partial charge in [0, 0.05) is 12.1 Å². The van der Waals surface area contributed by atoms with Gasteiger partial charge in [0.05, 0.1) is 36.9 Å². The highest BCUT2D eigenvalue weighted by atomic mass is 16.5. The molecular formula is C36H37N7O4. The van der Waals surface area contributed by atoms with Crippen LogP contribution in [0.4, 0.5) is 10.7 Å². The third kappa shape index (κ3) is 6.94. The Bertz CT molecular complexity index is 1850. The molecule has 0 spiro atoms. The van der Waals surface area contributed by atoms with Crippen LogP contribution in [0.1, 0.15) is 48.9 Å². The van der Waals surface area contributed by atoms with Crippen molar-refractivity contribution in [1.29, 1.82) is 0 Å². The monoisotopic (exact) mass is 631 g/mol. The second-order valence-corrected chi connectivity index (χ2v) is 11.8. The van der Waals surface area contributed by atoms with Crippen LogP contribution in [0.25, 0.3) is 33.6 Å². The zero-order chi connectivity index (χ0) is 32.9. The van der Waals surface area contributed by atoms with Crippen LogP contribution in [0.15, 0.2) is 91.3 Å². The first kappa shape index (κ1) is 31.3. The molecule has 11 heteroatoms. The summed E-state index contributed by atoms with van der Waals surface area (Å²) in [5, 5.41) is 5.48. The Morgan fingerprint density at radius 3 is 2.04 bits per heavy atom. The molecule has 47 heavy (non-hydrogen) atoms. The maximum atomic E-state index is 13.5. The summed E-state index contributed by atoms with van der Waals surface area (Å²) < 4.78 is 4.74. The first-order valence-electron chi connectivity index (χ1n) is 15.6. The van der Waals surface area contributed by atoms with Gasteiger partial charge in [0.1, 0.15) is 11.9 Å². The molecular weight excluding hydrogens is 594 g/mol. The van der Waals surface area contributed by atoms with Crippen molar-refractivity contribution in [2.75, 3.05) is 19.0 Å². The molecule has 2 atom stereocenters. The Hall–Kier alpha value is -5.71. The molecule has 5 aromatic rings. The molecule has 1 saturated heterocycles. The van der Waals surface area contributed by atoms with E-state index in [2.05, 4.69) is 42.7 Å². The van der Waals surface area contributed by atoms with E-state index in [1.165, 1.54) is 7.11 Å². The smallest absolute Gasteiger partial charge is 0.407 e. The number of amides is 3. The first-order valence-corrected chi connectivity index (χ1v) is 15.6. The van der Waals surface area contributed by atoms with Crippen LogP contribution in [0, 0.1) is 5.92 Å². The fourth-order valence-corrected chi connectivity index (χ4v) is 5.83. The molecule has 2 unspecified atom stereocenters.